The molecule has 172 valence electrons. The van der Waals surface area contributed by atoms with Crippen molar-refractivity contribution in [2.75, 3.05) is 10.6 Å². The zero-order valence-electron chi connectivity index (χ0n) is 17.9. The van der Waals surface area contributed by atoms with E-state index in [1.807, 2.05) is 36.4 Å². The molecule has 0 unspecified atom stereocenters. The van der Waals surface area contributed by atoms with Crippen molar-refractivity contribution < 1.29 is 4.39 Å². The summed E-state index contributed by atoms with van der Waals surface area (Å²) in [5.41, 5.74) is 4.13. The van der Waals surface area contributed by atoms with Crippen molar-refractivity contribution in [3.05, 3.63) is 106 Å². The second-order valence-corrected chi connectivity index (χ2v) is 8.46. The molecule has 10 heteroatoms. The van der Waals surface area contributed by atoms with Crippen LogP contribution in [0.1, 0.15) is 22.9 Å². The number of aromatic nitrogens is 4. The first-order valence-corrected chi connectivity index (χ1v) is 11.2. The maximum absolute atomic E-state index is 13.7. The third-order valence-electron chi connectivity index (χ3n) is 5.41. The fourth-order valence-corrected chi connectivity index (χ4v) is 4.22. The van der Waals surface area contributed by atoms with Crippen molar-refractivity contribution in [1.82, 2.24) is 20.4 Å². The van der Waals surface area contributed by atoms with Gasteiger partial charge in [0, 0.05) is 23.0 Å². The van der Waals surface area contributed by atoms with Crippen LogP contribution in [0.2, 0.25) is 10.0 Å². The molecule has 0 amide bonds. The lowest BCUT2D eigenvalue weighted by Crippen LogP contribution is -2.13. The van der Waals surface area contributed by atoms with Crippen LogP contribution in [0.25, 0.3) is 10.9 Å². The van der Waals surface area contributed by atoms with Gasteiger partial charge in [-0.3, -0.25) is 4.98 Å². The predicted octanol–water partition coefficient (Wildman–Crippen LogP) is 6.62. The van der Waals surface area contributed by atoms with Gasteiger partial charge < -0.3 is 10.6 Å². The molecule has 0 bridgehead atoms. The fourth-order valence-electron chi connectivity index (χ4n) is 3.77. The lowest BCUT2D eigenvalue weighted by molar-refractivity contribution is 0.628. The Morgan fingerprint density at radius 2 is 1.77 bits per heavy atom. The monoisotopic (exact) mass is 503 g/mol. The number of halogens is 3. The summed E-state index contributed by atoms with van der Waals surface area (Å²) in [4.78, 5) is 4.38. The second-order valence-electron chi connectivity index (χ2n) is 7.65. The zero-order chi connectivity index (χ0) is 24.4. The Kier molecular flexibility index (Phi) is 6.19. The molecule has 0 aliphatic heterocycles. The smallest absolute Gasteiger partial charge is 0.141 e. The number of benzene rings is 3. The van der Waals surface area contributed by atoms with Gasteiger partial charge in [-0.1, -0.05) is 53.5 Å². The van der Waals surface area contributed by atoms with Gasteiger partial charge in [-0.15, -0.1) is 0 Å². The molecule has 0 aliphatic carbocycles. The Labute approximate surface area is 209 Å². The Balaban J connectivity index is 1.61. The molecule has 5 rings (SSSR count). The molecule has 35 heavy (non-hydrogen) atoms. The van der Waals surface area contributed by atoms with Gasteiger partial charge in [0.1, 0.15) is 17.6 Å². The Morgan fingerprint density at radius 1 is 0.971 bits per heavy atom. The summed E-state index contributed by atoms with van der Waals surface area (Å²) in [6.07, 6.45) is 3.09. The molecular formula is C25H16Cl2FN7. The Morgan fingerprint density at radius 3 is 2.49 bits per heavy atom. The van der Waals surface area contributed by atoms with Crippen LogP contribution in [-0.2, 0) is 0 Å². The summed E-state index contributed by atoms with van der Waals surface area (Å²) in [6, 6.07) is 19.5. The molecule has 0 saturated carbocycles. The van der Waals surface area contributed by atoms with Crippen molar-refractivity contribution in [2.24, 2.45) is 0 Å². The van der Waals surface area contributed by atoms with E-state index in [9.17, 15) is 9.65 Å². The molecular weight excluding hydrogens is 488 g/mol. The van der Waals surface area contributed by atoms with Gasteiger partial charge in [-0.2, -0.15) is 20.7 Å². The van der Waals surface area contributed by atoms with Crippen molar-refractivity contribution in [3.63, 3.8) is 0 Å². The summed E-state index contributed by atoms with van der Waals surface area (Å²) in [6.45, 7) is 0. The van der Waals surface area contributed by atoms with Crippen LogP contribution in [0.15, 0.2) is 73.1 Å². The average Bonchev–Trinajstić information content (AvgIpc) is 3.40. The number of aromatic amines is 1. The molecule has 3 aromatic carbocycles. The Hall–Kier alpha value is -4.19. The third-order valence-corrected chi connectivity index (χ3v) is 5.99. The van der Waals surface area contributed by atoms with Crippen molar-refractivity contribution >= 4 is 51.2 Å². The van der Waals surface area contributed by atoms with Crippen molar-refractivity contribution in [2.45, 2.75) is 6.04 Å². The number of nitrogens with zero attached hydrogens (tertiary/aromatic N) is 4. The van der Waals surface area contributed by atoms with Gasteiger partial charge >= 0.3 is 0 Å². The first-order valence-electron chi connectivity index (χ1n) is 10.4. The van der Waals surface area contributed by atoms with E-state index in [1.54, 1.807) is 12.3 Å². The molecule has 2 aromatic heterocycles. The summed E-state index contributed by atoms with van der Waals surface area (Å²) in [7, 11) is 0. The third kappa shape index (κ3) is 4.60. The minimum absolute atomic E-state index is 0.0365. The van der Waals surface area contributed by atoms with Gasteiger partial charge in [-0.25, -0.2) is 4.39 Å². The van der Waals surface area contributed by atoms with Crippen molar-refractivity contribution in [1.29, 1.82) is 5.26 Å². The highest BCUT2D eigenvalue weighted by Gasteiger charge is 2.19. The first-order chi connectivity index (χ1) is 17.0. The summed E-state index contributed by atoms with van der Waals surface area (Å²) >= 11 is 12.6. The van der Waals surface area contributed by atoms with Crippen LogP contribution in [0, 0.1) is 17.1 Å². The number of fused-ring (bicyclic) bond motifs is 1. The zero-order valence-corrected chi connectivity index (χ0v) is 19.4. The van der Waals surface area contributed by atoms with E-state index in [2.05, 4.69) is 37.1 Å². The van der Waals surface area contributed by atoms with Gasteiger partial charge in [-0.05, 0) is 35.9 Å². The summed E-state index contributed by atoms with van der Waals surface area (Å²) in [5, 5.41) is 28.2. The maximum atomic E-state index is 13.7. The molecule has 0 saturated heterocycles. The van der Waals surface area contributed by atoms with Gasteiger partial charge in [0.2, 0.25) is 0 Å². The number of hydrogen-bond donors (Lipinski definition) is 3. The van der Waals surface area contributed by atoms with Gasteiger partial charge in [0.15, 0.2) is 0 Å². The number of nitriles is 1. The predicted molar refractivity (Wildman–Crippen MR) is 134 cm³/mol. The quantitative estimate of drug-likeness (QED) is 0.240. The van der Waals surface area contributed by atoms with E-state index < -0.39 is 5.82 Å². The van der Waals surface area contributed by atoms with Crippen LogP contribution >= 0.6 is 23.2 Å². The number of H-pyrrole nitrogens is 1. The minimum Gasteiger partial charge on any atom is -0.373 e. The molecule has 0 spiro atoms. The molecule has 0 fully saturated rings. The number of anilines is 3. The van der Waals surface area contributed by atoms with Crippen LogP contribution in [0.3, 0.4) is 0 Å². The molecule has 5 aromatic rings. The fraction of sp³-hybridized carbons (Fsp3) is 0.0400. The number of hydrogen-bond acceptors (Lipinski definition) is 6. The SMILES string of the molecule is N#Cc1cnc2c(Cl)cc(N[C@@H](c3ccccc3)c3cn[nH]n3)cc2c1Nc1ccc(F)c(Cl)c1. The number of nitrogens with one attached hydrogen (secondary N) is 3. The second kappa shape index (κ2) is 9.58. The van der Waals surface area contributed by atoms with Crippen LogP contribution in [-0.4, -0.2) is 20.4 Å². The highest BCUT2D eigenvalue weighted by molar-refractivity contribution is 6.36. The number of rotatable bonds is 6. The van der Waals surface area contributed by atoms with E-state index in [0.717, 1.165) is 5.56 Å². The van der Waals surface area contributed by atoms with E-state index in [1.165, 1.54) is 24.4 Å². The van der Waals surface area contributed by atoms with Crippen LogP contribution < -0.4 is 10.6 Å². The molecule has 0 radical (unpaired) electrons. The van der Waals surface area contributed by atoms with Gasteiger partial charge in [0.25, 0.3) is 0 Å². The lowest BCUT2D eigenvalue weighted by atomic mass is 10.0. The molecule has 3 N–H and O–H groups in total. The summed E-state index contributed by atoms with van der Waals surface area (Å²) < 4.78 is 13.7. The molecule has 1 atom stereocenters. The lowest BCUT2D eigenvalue weighted by Gasteiger charge is -2.20. The van der Waals surface area contributed by atoms with Crippen LogP contribution in [0.5, 0.6) is 0 Å². The van der Waals surface area contributed by atoms with E-state index in [0.29, 0.717) is 44.2 Å². The molecule has 0 aliphatic rings. The van der Waals surface area contributed by atoms with E-state index in [4.69, 9.17) is 23.2 Å². The maximum Gasteiger partial charge on any atom is 0.141 e. The first kappa shape index (κ1) is 22.6. The topological polar surface area (TPSA) is 102 Å². The number of pyridine rings is 1. The minimum atomic E-state index is -0.536. The standard InChI is InChI=1S/C25H16Cl2FN7/c26-19-9-16(6-7-21(19)28)32-23-15(11-29)12-30-25-18(23)8-17(10-20(25)27)33-24(22-13-31-35-34-22)14-4-2-1-3-5-14/h1-10,12-13,24,33H,(H,30,32)(H,31,34,35)/t24-/m0/s1. The average molecular weight is 504 g/mol. The van der Waals surface area contributed by atoms with Gasteiger partial charge in [0.05, 0.1) is 39.1 Å². The summed E-state index contributed by atoms with van der Waals surface area (Å²) in [5.74, 6) is -0.536. The highest BCUT2D eigenvalue weighted by Crippen LogP contribution is 2.37. The molecule has 2 heterocycles. The van der Waals surface area contributed by atoms with Crippen LogP contribution in [0.4, 0.5) is 21.5 Å². The Bertz CT molecular complexity index is 1550. The van der Waals surface area contributed by atoms with Crippen molar-refractivity contribution in [3.8, 4) is 6.07 Å². The normalized spacial score (nSPS) is 11.7. The largest absolute Gasteiger partial charge is 0.373 e. The van der Waals surface area contributed by atoms with E-state index >= 15 is 0 Å². The highest BCUT2D eigenvalue weighted by atomic mass is 35.5. The molecule has 7 nitrogen and oxygen atoms in total. The van der Waals surface area contributed by atoms with E-state index in [-0.39, 0.29) is 11.1 Å².